The summed E-state index contributed by atoms with van der Waals surface area (Å²) in [6.07, 6.45) is 0.165. The van der Waals surface area contributed by atoms with Crippen molar-refractivity contribution in [3.05, 3.63) is 57.7 Å². The molecule has 2 rings (SSSR count). The van der Waals surface area contributed by atoms with Crippen LogP contribution in [-0.2, 0) is 0 Å². The predicted octanol–water partition coefficient (Wildman–Crippen LogP) is 3.81. The fourth-order valence-corrected chi connectivity index (χ4v) is 1.77. The van der Waals surface area contributed by atoms with E-state index in [4.69, 9.17) is 27.6 Å². The Morgan fingerprint density at radius 2 is 1.94 bits per heavy atom. The Morgan fingerprint density at radius 3 is 2.50 bits per heavy atom. The van der Waals surface area contributed by atoms with Crippen molar-refractivity contribution in [3.63, 3.8) is 0 Å². The Morgan fingerprint density at radius 1 is 1.19 bits per heavy atom. The predicted molar refractivity (Wildman–Crippen MR) is 59.2 cm³/mol. The van der Waals surface area contributed by atoms with Crippen molar-refractivity contribution in [2.75, 3.05) is 0 Å². The van der Waals surface area contributed by atoms with Gasteiger partial charge in [0.2, 0.25) is 0 Å². The standard InChI is InChI=1S/C11H7Cl2FO2/c12-6-1-2-7(9(14)5-6)10(15)8-3-4-16-11(8)13/h1-5,10,15H. The zero-order valence-electron chi connectivity index (χ0n) is 7.95. The third-order valence-corrected chi connectivity index (χ3v) is 2.74. The van der Waals surface area contributed by atoms with Crippen molar-refractivity contribution in [2.24, 2.45) is 0 Å². The van der Waals surface area contributed by atoms with Gasteiger partial charge in [-0.25, -0.2) is 4.39 Å². The summed E-state index contributed by atoms with van der Waals surface area (Å²) < 4.78 is 18.3. The summed E-state index contributed by atoms with van der Waals surface area (Å²) in [6.45, 7) is 0. The molecule has 84 valence electrons. The molecule has 0 amide bonds. The number of halogens is 3. The van der Waals surface area contributed by atoms with Gasteiger partial charge >= 0.3 is 0 Å². The average molecular weight is 261 g/mol. The lowest BCUT2D eigenvalue weighted by Gasteiger charge is -2.10. The zero-order chi connectivity index (χ0) is 11.7. The second-order valence-electron chi connectivity index (χ2n) is 3.22. The van der Waals surface area contributed by atoms with Crippen LogP contribution >= 0.6 is 23.2 Å². The van der Waals surface area contributed by atoms with Gasteiger partial charge in [0.25, 0.3) is 0 Å². The number of furan rings is 1. The van der Waals surface area contributed by atoms with Crippen molar-refractivity contribution < 1.29 is 13.9 Å². The first-order chi connectivity index (χ1) is 7.59. The molecule has 5 heteroatoms. The maximum atomic E-state index is 13.5. The summed E-state index contributed by atoms with van der Waals surface area (Å²) in [5.74, 6) is -0.586. The summed E-state index contributed by atoms with van der Waals surface area (Å²) in [7, 11) is 0. The van der Waals surface area contributed by atoms with Crippen LogP contribution in [0.3, 0.4) is 0 Å². The van der Waals surface area contributed by atoms with E-state index in [0.29, 0.717) is 5.56 Å². The highest BCUT2D eigenvalue weighted by Gasteiger charge is 2.19. The lowest BCUT2D eigenvalue weighted by Crippen LogP contribution is -2.01. The summed E-state index contributed by atoms with van der Waals surface area (Å²) in [5.41, 5.74) is 0.426. The molecular weight excluding hydrogens is 254 g/mol. The highest BCUT2D eigenvalue weighted by atomic mass is 35.5. The second-order valence-corrected chi connectivity index (χ2v) is 4.00. The van der Waals surface area contributed by atoms with E-state index in [1.165, 1.54) is 24.5 Å². The van der Waals surface area contributed by atoms with Crippen LogP contribution in [0.15, 0.2) is 34.9 Å². The van der Waals surface area contributed by atoms with Gasteiger partial charge in [-0.2, -0.15) is 0 Å². The van der Waals surface area contributed by atoms with Gasteiger partial charge in [-0.15, -0.1) is 0 Å². The van der Waals surface area contributed by atoms with Crippen LogP contribution < -0.4 is 0 Å². The number of benzene rings is 1. The fourth-order valence-electron chi connectivity index (χ4n) is 1.39. The third kappa shape index (κ3) is 2.07. The minimum absolute atomic E-state index is 0.0434. The molecule has 0 saturated heterocycles. The van der Waals surface area contributed by atoms with Crippen molar-refractivity contribution in [1.29, 1.82) is 0 Å². The molecule has 0 spiro atoms. The quantitative estimate of drug-likeness (QED) is 0.891. The first kappa shape index (κ1) is 11.5. The Balaban J connectivity index is 2.41. The molecule has 0 aliphatic heterocycles. The third-order valence-electron chi connectivity index (χ3n) is 2.20. The minimum atomic E-state index is -1.16. The summed E-state index contributed by atoms with van der Waals surface area (Å²) >= 11 is 11.3. The molecule has 1 atom stereocenters. The van der Waals surface area contributed by atoms with E-state index in [0.717, 1.165) is 6.07 Å². The fraction of sp³-hybridized carbons (Fsp3) is 0.0909. The average Bonchev–Trinajstić information content (AvgIpc) is 2.63. The van der Waals surface area contributed by atoms with E-state index < -0.39 is 11.9 Å². The minimum Gasteiger partial charge on any atom is -0.453 e. The first-order valence-corrected chi connectivity index (χ1v) is 5.21. The molecule has 1 aromatic heterocycles. The van der Waals surface area contributed by atoms with E-state index in [2.05, 4.69) is 0 Å². The van der Waals surface area contributed by atoms with Crippen molar-refractivity contribution in [2.45, 2.75) is 6.10 Å². The largest absolute Gasteiger partial charge is 0.453 e. The van der Waals surface area contributed by atoms with Crippen LogP contribution in [0.2, 0.25) is 10.2 Å². The van der Waals surface area contributed by atoms with Gasteiger partial charge in [0.05, 0.1) is 6.26 Å². The van der Waals surface area contributed by atoms with Gasteiger partial charge in [-0.1, -0.05) is 17.7 Å². The number of hydrogen-bond donors (Lipinski definition) is 1. The van der Waals surface area contributed by atoms with Gasteiger partial charge < -0.3 is 9.52 Å². The van der Waals surface area contributed by atoms with Gasteiger partial charge in [0.15, 0.2) is 5.22 Å². The monoisotopic (exact) mass is 260 g/mol. The summed E-state index contributed by atoms with van der Waals surface area (Å²) in [4.78, 5) is 0. The number of aliphatic hydroxyl groups is 1. The van der Waals surface area contributed by atoms with E-state index in [1.807, 2.05) is 0 Å². The lowest BCUT2D eigenvalue weighted by molar-refractivity contribution is 0.214. The second kappa shape index (κ2) is 4.45. The molecule has 0 fully saturated rings. The molecule has 1 aromatic carbocycles. The van der Waals surface area contributed by atoms with E-state index in [9.17, 15) is 9.50 Å². The van der Waals surface area contributed by atoms with E-state index >= 15 is 0 Å². The van der Waals surface area contributed by atoms with Gasteiger partial charge in [0, 0.05) is 16.1 Å². The molecular formula is C11H7Cl2FO2. The normalized spacial score (nSPS) is 12.8. The molecule has 0 radical (unpaired) electrons. The smallest absolute Gasteiger partial charge is 0.199 e. The maximum absolute atomic E-state index is 13.5. The Kier molecular flexibility index (Phi) is 3.19. The SMILES string of the molecule is OC(c1ccc(Cl)cc1F)c1ccoc1Cl. The summed E-state index contributed by atoms with van der Waals surface area (Å²) in [5, 5.41) is 10.2. The highest BCUT2D eigenvalue weighted by molar-refractivity contribution is 6.30. The Labute approximate surface area is 101 Å². The Bertz CT molecular complexity index is 510. The first-order valence-electron chi connectivity index (χ1n) is 4.45. The van der Waals surface area contributed by atoms with Crippen LogP contribution in [0.1, 0.15) is 17.2 Å². The molecule has 0 saturated carbocycles. The van der Waals surface area contributed by atoms with Crippen molar-refractivity contribution in [3.8, 4) is 0 Å². The zero-order valence-corrected chi connectivity index (χ0v) is 9.47. The number of aliphatic hydroxyl groups excluding tert-OH is 1. The van der Waals surface area contributed by atoms with Crippen LogP contribution in [0, 0.1) is 5.82 Å². The lowest BCUT2D eigenvalue weighted by atomic mass is 10.0. The van der Waals surface area contributed by atoms with Crippen molar-refractivity contribution >= 4 is 23.2 Å². The van der Waals surface area contributed by atoms with Crippen LogP contribution in [0.4, 0.5) is 4.39 Å². The van der Waals surface area contributed by atoms with Gasteiger partial charge in [-0.3, -0.25) is 0 Å². The van der Waals surface area contributed by atoms with Gasteiger partial charge in [-0.05, 0) is 29.8 Å². The molecule has 0 aliphatic carbocycles. The van der Waals surface area contributed by atoms with E-state index in [1.54, 1.807) is 0 Å². The van der Waals surface area contributed by atoms with E-state index in [-0.39, 0.29) is 15.8 Å². The van der Waals surface area contributed by atoms with Crippen LogP contribution in [0.25, 0.3) is 0 Å². The van der Waals surface area contributed by atoms with Gasteiger partial charge in [0.1, 0.15) is 11.9 Å². The molecule has 2 nitrogen and oxygen atoms in total. The van der Waals surface area contributed by atoms with Crippen molar-refractivity contribution in [1.82, 2.24) is 0 Å². The maximum Gasteiger partial charge on any atom is 0.199 e. The number of hydrogen-bond acceptors (Lipinski definition) is 2. The van der Waals surface area contributed by atoms with Crippen LogP contribution in [-0.4, -0.2) is 5.11 Å². The molecule has 1 heterocycles. The Hall–Kier alpha value is -1.03. The molecule has 1 unspecified atom stereocenters. The molecule has 0 aliphatic rings. The molecule has 2 aromatic rings. The molecule has 0 bridgehead atoms. The highest BCUT2D eigenvalue weighted by Crippen LogP contribution is 2.31. The number of rotatable bonds is 2. The molecule has 1 N–H and O–H groups in total. The summed E-state index contributed by atoms with van der Waals surface area (Å²) in [6, 6.07) is 5.53. The topological polar surface area (TPSA) is 33.4 Å². The van der Waals surface area contributed by atoms with Crippen LogP contribution in [0.5, 0.6) is 0 Å². The molecule has 16 heavy (non-hydrogen) atoms.